The van der Waals surface area contributed by atoms with E-state index in [4.69, 9.17) is 9.84 Å². The molecule has 0 saturated heterocycles. The number of nitrogens with zero attached hydrogens (tertiary/aromatic N) is 5. The number of aromatic nitrogens is 4. The van der Waals surface area contributed by atoms with Gasteiger partial charge in [-0.15, -0.1) is 0 Å². The van der Waals surface area contributed by atoms with Crippen LogP contribution in [0, 0.1) is 12.7 Å². The van der Waals surface area contributed by atoms with Crippen molar-refractivity contribution in [3.8, 4) is 17.2 Å². The van der Waals surface area contributed by atoms with Crippen molar-refractivity contribution in [2.45, 2.75) is 39.7 Å². The molecule has 5 aromatic rings. The van der Waals surface area contributed by atoms with Gasteiger partial charge < -0.3 is 9.64 Å². The number of carbonyl (C=O) groups excluding carboxylic acids is 1. The van der Waals surface area contributed by atoms with Gasteiger partial charge in [0.05, 0.1) is 29.6 Å². The minimum Gasteiger partial charge on any atom is -0.457 e. The number of hydrogen-bond donors (Lipinski definition) is 1. The molecule has 3 aromatic carbocycles. The smallest absolute Gasteiger partial charge is 0.323 e. The number of amides is 2. The maximum Gasteiger partial charge on any atom is 0.323 e. The Balaban J connectivity index is 1.38. The molecule has 206 valence electrons. The number of para-hydroxylation sites is 1. The molecule has 0 radical (unpaired) electrons. The zero-order valence-electron chi connectivity index (χ0n) is 23.6. The predicted octanol–water partition coefficient (Wildman–Crippen LogP) is 6.96. The van der Waals surface area contributed by atoms with E-state index in [1.807, 2.05) is 62.5 Å². The minimum absolute atomic E-state index is 0.124. The molecular formula is C31H33FN6O2. The molecule has 8 nitrogen and oxygen atoms in total. The lowest BCUT2D eigenvalue weighted by atomic mass is 9.92. The average molecular weight is 541 g/mol. The molecule has 5 rings (SSSR count). The Morgan fingerprint density at radius 2 is 1.85 bits per heavy atom. The van der Waals surface area contributed by atoms with Crippen LogP contribution in [0.2, 0.25) is 0 Å². The summed E-state index contributed by atoms with van der Waals surface area (Å²) in [7, 11) is 3.53. The Morgan fingerprint density at radius 1 is 1.07 bits per heavy atom. The number of nitrogens with one attached hydrogen (secondary N) is 1. The van der Waals surface area contributed by atoms with Crippen molar-refractivity contribution >= 4 is 22.8 Å². The minimum atomic E-state index is -0.411. The highest BCUT2D eigenvalue weighted by molar-refractivity contribution is 5.88. The third-order valence-electron chi connectivity index (χ3n) is 6.78. The summed E-state index contributed by atoms with van der Waals surface area (Å²) in [6.07, 6.45) is 1.76. The lowest BCUT2D eigenvalue weighted by Gasteiger charge is -2.20. The van der Waals surface area contributed by atoms with Crippen molar-refractivity contribution in [3.63, 3.8) is 0 Å². The molecule has 0 spiro atoms. The van der Waals surface area contributed by atoms with Gasteiger partial charge in [-0.1, -0.05) is 39.0 Å². The Labute approximate surface area is 233 Å². The molecule has 0 atom stereocenters. The Hall–Kier alpha value is -4.66. The number of benzene rings is 3. The predicted molar refractivity (Wildman–Crippen MR) is 155 cm³/mol. The van der Waals surface area contributed by atoms with Gasteiger partial charge >= 0.3 is 6.03 Å². The second-order valence-electron chi connectivity index (χ2n) is 11.0. The van der Waals surface area contributed by atoms with Crippen LogP contribution in [0.4, 0.5) is 15.0 Å². The van der Waals surface area contributed by atoms with E-state index >= 15 is 0 Å². The van der Waals surface area contributed by atoms with Gasteiger partial charge in [0.1, 0.15) is 23.1 Å². The first-order valence-corrected chi connectivity index (χ1v) is 13.1. The van der Waals surface area contributed by atoms with Gasteiger partial charge in [0.25, 0.3) is 0 Å². The maximum absolute atomic E-state index is 14.3. The van der Waals surface area contributed by atoms with E-state index in [2.05, 4.69) is 31.2 Å². The molecule has 9 heteroatoms. The fourth-order valence-corrected chi connectivity index (χ4v) is 4.46. The summed E-state index contributed by atoms with van der Waals surface area (Å²) in [6.45, 7) is 8.36. The summed E-state index contributed by atoms with van der Waals surface area (Å²) < 4.78 is 24.0. The first-order chi connectivity index (χ1) is 19.0. The maximum atomic E-state index is 14.3. The molecule has 0 unspecified atom stereocenters. The zero-order valence-corrected chi connectivity index (χ0v) is 23.6. The summed E-state index contributed by atoms with van der Waals surface area (Å²) in [4.78, 5) is 14.9. The normalized spacial score (nSPS) is 11.6. The van der Waals surface area contributed by atoms with Gasteiger partial charge in [0, 0.05) is 36.5 Å². The first-order valence-electron chi connectivity index (χ1n) is 13.1. The molecule has 0 aliphatic heterocycles. The number of rotatable bonds is 6. The molecule has 40 heavy (non-hydrogen) atoms. The molecular weight excluding hydrogens is 507 g/mol. The quantitative estimate of drug-likeness (QED) is 0.253. The van der Waals surface area contributed by atoms with E-state index in [0.717, 1.165) is 27.8 Å². The van der Waals surface area contributed by atoms with Gasteiger partial charge in [-0.2, -0.15) is 10.2 Å². The molecule has 0 aliphatic carbocycles. The van der Waals surface area contributed by atoms with Crippen molar-refractivity contribution in [2.75, 3.05) is 12.4 Å². The molecule has 0 fully saturated rings. The summed E-state index contributed by atoms with van der Waals surface area (Å²) in [5.41, 5.74) is 4.05. The molecule has 2 aromatic heterocycles. The second-order valence-corrected chi connectivity index (χ2v) is 11.0. The van der Waals surface area contributed by atoms with Crippen LogP contribution >= 0.6 is 0 Å². The number of aryl methyl sites for hydroxylation is 2. The van der Waals surface area contributed by atoms with Crippen LogP contribution in [0.5, 0.6) is 11.5 Å². The number of urea groups is 1. The van der Waals surface area contributed by atoms with Crippen LogP contribution in [0.3, 0.4) is 0 Å². The van der Waals surface area contributed by atoms with E-state index in [-0.39, 0.29) is 18.0 Å². The number of fused-ring (bicyclic) bond motifs is 1. The van der Waals surface area contributed by atoms with E-state index < -0.39 is 5.82 Å². The van der Waals surface area contributed by atoms with Gasteiger partial charge in [-0.05, 0) is 55.0 Å². The van der Waals surface area contributed by atoms with Gasteiger partial charge in [-0.25, -0.2) is 13.9 Å². The summed E-state index contributed by atoms with van der Waals surface area (Å²) in [5.74, 6) is 1.20. The Morgan fingerprint density at radius 3 is 2.60 bits per heavy atom. The molecule has 0 saturated carbocycles. The van der Waals surface area contributed by atoms with Crippen LogP contribution in [0.15, 0.2) is 72.9 Å². The average Bonchev–Trinajstić information content (AvgIpc) is 3.49. The van der Waals surface area contributed by atoms with E-state index in [1.54, 1.807) is 28.7 Å². The highest BCUT2D eigenvalue weighted by atomic mass is 19.1. The molecule has 0 bridgehead atoms. The highest BCUT2D eigenvalue weighted by Gasteiger charge is 2.23. The highest BCUT2D eigenvalue weighted by Crippen LogP contribution is 2.30. The molecule has 0 aliphatic rings. The van der Waals surface area contributed by atoms with E-state index in [9.17, 15) is 9.18 Å². The van der Waals surface area contributed by atoms with Crippen molar-refractivity contribution < 1.29 is 13.9 Å². The number of hydrogen-bond acceptors (Lipinski definition) is 4. The molecule has 2 amide bonds. The van der Waals surface area contributed by atoms with Crippen molar-refractivity contribution in [1.82, 2.24) is 24.5 Å². The second kappa shape index (κ2) is 10.5. The third-order valence-corrected chi connectivity index (χ3v) is 6.78. The Bertz CT molecular complexity index is 1700. The Kier molecular flexibility index (Phi) is 7.06. The van der Waals surface area contributed by atoms with E-state index in [0.29, 0.717) is 22.9 Å². The number of ether oxygens (including phenoxy) is 1. The number of halogens is 1. The summed E-state index contributed by atoms with van der Waals surface area (Å²) >= 11 is 0. The van der Waals surface area contributed by atoms with Gasteiger partial charge in [-0.3, -0.25) is 10.00 Å². The van der Waals surface area contributed by atoms with Crippen molar-refractivity contribution in [1.29, 1.82) is 0 Å². The van der Waals surface area contributed by atoms with Crippen LogP contribution in [-0.4, -0.2) is 37.5 Å². The third kappa shape index (κ3) is 5.54. The van der Waals surface area contributed by atoms with Crippen LogP contribution in [0.25, 0.3) is 16.6 Å². The van der Waals surface area contributed by atoms with Gasteiger partial charge in [0.15, 0.2) is 0 Å². The summed E-state index contributed by atoms with van der Waals surface area (Å²) in [6, 6.07) is 19.4. The van der Waals surface area contributed by atoms with Crippen molar-refractivity contribution in [2.24, 2.45) is 7.05 Å². The van der Waals surface area contributed by atoms with Crippen LogP contribution in [-0.2, 0) is 19.0 Å². The topological polar surface area (TPSA) is 77.2 Å². The SMILES string of the molecule is Cc1ccccc1-n1nc(C(C)(C)C)cc1NC(=O)N(C)Cc1cc(F)ccc1Oc1ccc2c(cnn2C)c1. The zero-order chi connectivity index (χ0) is 28.6. The van der Waals surface area contributed by atoms with Crippen LogP contribution in [0.1, 0.15) is 37.6 Å². The summed E-state index contributed by atoms with van der Waals surface area (Å²) in [5, 5.41) is 13.0. The lowest BCUT2D eigenvalue weighted by Crippen LogP contribution is -2.31. The monoisotopic (exact) mass is 540 g/mol. The lowest BCUT2D eigenvalue weighted by molar-refractivity contribution is 0.220. The van der Waals surface area contributed by atoms with Crippen LogP contribution < -0.4 is 10.1 Å². The van der Waals surface area contributed by atoms with E-state index in [1.165, 1.54) is 17.0 Å². The largest absolute Gasteiger partial charge is 0.457 e. The number of anilines is 1. The van der Waals surface area contributed by atoms with Crippen molar-refractivity contribution in [3.05, 3.63) is 95.6 Å². The standard InChI is InChI=1S/C31H33FN6O2/c1-20-9-7-8-10-25(20)38-29(17-28(35-38)31(2,3)4)34-30(39)36(5)19-22-15-23(32)11-14-27(22)40-24-12-13-26-21(16-24)18-33-37(26)6/h7-18H,19H2,1-6H3,(H,34,39). The molecule has 1 N–H and O–H groups in total. The fourth-order valence-electron chi connectivity index (χ4n) is 4.46. The first kappa shape index (κ1) is 26.9. The molecule has 2 heterocycles. The fraction of sp³-hybridized carbons (Fsp3) is 0.258. The number of carbonyl (C=O) groups is 1. The van der Waals surface area contributed by atoms with Gasteiger partial charge in [0.2, 0.25) is 0 Å².